The Morgan fingerprint density at radius 3 is 2.86 bits per heavy atom. The van der Waals surface area contributed by atoms with Crippen molar-refractivity contribution < 1.29 is 13.2 Å². The lowest BCUT2D eigenvalue weighted by Crippen LogP contribution is -2.56. The third kappa shape index (κ3) is 4.28. The number of nitrogens with one attached hydrogen (secondary N) is 2. The molecule has 1 aromatic heterocycles. The number of fused-ring (bicyclic) bond motifs is 1. The van der Waals surface area contributed by atoms with Crippen LogP contribution in [0.15, 0.2) is 16.3 Å². The summed E-state index contributed by atoms with van der Waals surface area (Å²) in [6.07, 6.45) is 6.80. The quantitative estimate of drug-likeness (QED) is 0.745. The summed E-state index contributed by atoms with van der Waals surface area (Å²) in [4.78, 5) is 15.6. The summed E-state index contributed by atoms with van der Waals surface area (Å²) in [6.45, 7) is 4.40. The van der Waals surface area contributed by atoms with Gasteiger partial charge in [0.2, 0.25) is 10.0 Å². The van der Waals surface area contributed by atoms with Gasteiger partial charge in [-0.15, -0.1) is 11.3 Å². The highest BCUT2D eigenvalue weighted by Gasteiger charge is 2.37. The lowest BCUT2D eigenvalue weighted by molar-refractivity contribution is 0.0850. The third-order valence-corrected chi connectivity index (χ3v) is 9.12. The molecule has 4 heterocycles. The lowest BCUT2D eigenvalue weighted by Gasteiger charge is -2.43. The van der Waals surface area contributed by atoms with Gasteiger partial charge in [0.05, 0.1) is 0 Å². The monoisotopic (exact) mass is 426 g/mol. The molecule has 0 aliphatic carbocycles. The van der Waals surface area contributed by atoms with Crippen LogP contribution >= 0.6 is 11.3 Å². The minimum Gasteiger partial charge on any atom is -0.350 e. The van der Waals surface area contributed by atoms with Crippen LogP contribution in [0, 0.1) is 0 Å². The molecule has 7 nitrogen and oxygen atoms in total. The summed E-state index contributed by atoms with van der Waals surface area (Å²) in [7, 11) is -3.65. The number of amides is 1. The first-order chi connectivity index (χ1) is 13.6. The minimum absolute atomic E-state index is 0.163. The molecule has 0 spiro atoms. The molecule has 0 bridgehead atoms. The zero-order valence-corrected chi connectivity index (χ0v) is 17.9. The molecular weight excluding hydrogens is 396 g/mol. The van der Waals surface area contributed by atoms with Gasteiger partial charge in [0.1, 0.15) is 9.77 Å². The van der Waals surface area contributed by atoms with Gasteiger partial charge >= 0.3 is 0 Å². The van der Waals surface area contributed by atoms with Crippen molar-refractivity contribution in [3.05, 3.63) is 16.3 Å². The fourth-order valence-corrected chi connectivity index (χ4v) is 7.33. The molecule has 0 aromatic carbocycles. The van der Waals surface area contributed by atoms with Gasteiger partial charge in [0.25, 0.3) is 5.91 Å². The second-order valence-electron chi connectivity index (χ2n) is 8.02. The average Bonchev–Trinajstić information content (AvgIpc) is 3.23. The maximum Gasteiger partial charge on any atom is 0.262 e. The molecule has 3 fully saturated rings. The normalized spacial score (nSPS) is 27.3. The molecule has 28 heavy (non-hydrogen) atoms. The number of piperazine rings is 1. The Bertz CT molecular complexity index is 789. The molecule has 0 saturated carbocycles. The molecule has 1 amide bonds. The molecule has 4 rings (SSSR count). The van der Waals surface area contributed by atoms with E-state index >= 15 is 0 Å². The summed E-state index contributed by atoms with van der Waals surface area (Å²) in [5.41, 5.74) is 0. The van der Waals surface area contributed by atoms with Gasteiger partial charge in [-0.05, 0) is 50.2 Å². The molecule has 3 aliphatic rings. The summed E-state index contributed by atoms with van der Waals surface area (Å²) in [5.74, 6) is -0.280. The van der Waals surface area contributed by atoms with E-state index < -0.39 is 10.0 Å². The Balaban J connectivity index is 1.43. The van der Waals surface area contributed by atoms with Gasteiger partial charge in [0, 0.05) is 38.3 Å². The Labute approximate surface area is 171 Å². The lowest BCUT2D eigenvalue weighted by atomic mass is 10.0. The van der Waals surface area contributed by atoms with Crippen LogP contribution in [0.4, 0.5) is 0 Å². The van der Waals surface area contributed by atoms with E-state index in [2.05, 4.69) is 15.5 Å². The molecule has 2 N–H and O–H groups in total. The molecule has 9 heteroatoms. The first kappa shape index (κ1) is 20.3. The smallest absolute Gasteiger partial charge is 0.262 e. The molecule has 1 unspecified atom stereocenters. The second kappa shape index (κ2) is 8.79. The van der Waals surface area contributed by atoms with Crippen LogP contribution in [0.25, 0.3) is 0 Å². The molecule has 3 saturated heterocycles. The van der Waals surface area contributed by atoms with Crippen molar-refractivity contribution in [2.45, 2.75) is 55.5 Å². The summed E-state index contributed by atoms with van der Waals surface area (Å²) >= 11 is 1.21. The highest BCUT2D eigenvalue weighted by atomic mass is 32.2. The SMILES string of the molecule is O=C(NC[C@H]1CCCCN1)c1sccc1S(=O)(=O)N1CCN2CCCCC2C1. The number of nitrogens with zero attached hydrogens (tertiary/aromatic N) is 2. The zero-order chi connectivity index (χ0) is 19.6. The molecular formula is C19H30N4O3S2. The average molecular weight is 427 g/mol. The van der Waals surface area contributed by atoms with Gasteiger partial charge < -0.3 is 10.6 Å². The fraction of sp³-hybridized carbons (Fsp3) is 0.737. The van der Waals surface area contributed by atoms with Crippen LogP contribution in [-0.4, -0.2) is 74.9 Å². The van der Waals surface area contributed by atoms with Crippen LogP contribution in [0.1, 0.15) is 48.2 Å². The maximum atomic E-state index is 13.3. The summed E-state index contributed by atoms with van der Waals surface area (Å²) in [5, 5.41) is 8.04. The van der Waals surface area contributed by atoms with Crippen LogP contribution in [0.2, 0.25) is 0 Å². The van der Waals surface area contributed by atoms with E-state index in [1.807, 2.05) is 0 Å². The third-order valence-electron chi connectivity index (χ3n) is 6.17. The van der Waals surface area contributed by atoms with Crippen molar-refractivity contribution in [2.24, 2.45) is 0 Å². The predicted octanol–water partition coefficient (Wildman–Crippen LogP) is 1.48. The molecule has 3 aliphatic heterocycles. The number of rotatable bonds is 5. The van der Waals surface area contributed by atoms with Crippen molar-refractivity contribution in [1.29, 1.82) is 0 Å². The highest BCUT2D eigenvalue weighted by Crippen LogP contribution is 2.29. The first-order valence-corrected chi connectivity index (χ1v) is 12.7. The summed E-state index contributed by atoms with van der Waals surface area (Å²) < 4.78 is 28.1. The van der Waals surface area contributed by atoms with E-state index in [0.29, 0.717) is 30.6 Å². The van der Waals surface area contributed by atoms with Crippen LogP contribution in [-0.2, 0) is 10.0 Å². The van der Waals surface area contributed by atoms with E-state index in [0.717, 1.165) is 38.9 Å². The van der Waals surface area contributed by atoms with E-state index in [1.165, 1.54) is 30.6 Å². The van der Waals surface area contributed by atoms with Crippen LogP contribution < -0.4 is 10.6 Å². The largest absolute Gasteiger partial charge is 0.350 e. The zero-order valence-electron chi connectivity index (χ0n) is 16.2. The molecule has 156 valence electrons. The standard InChI is InChI=1S/C19H30N4O3S2/c24-19(21-13-15-5-1-3-8-20-15)18-17(7-12-27-18)28(25,26)23-11-10-22-9-4-2-6-16(22)14-23/h7,12,15-16,20H,1-6,8-11,13-14H2,(H,21,24)/t15-,16?/m1/s1. The number of piperidine rings is 2. The fourth-order valence-electron chi connectivity index (χ4n) is 4.55. The number of sulfonamides is 1. The number of thiophene rings is 1. The number of hydrogen-bond acceptors (Lipinski definition) is 6. The minimum atomic E-state index is -3.65. The van der Waals surface area contributed by atoms with Gasteiger partial charge in [0.15, 0.2) is 0 Å². The van der Waals surface area contributed by atoms with Crippen LogP contribution in [0.5, 0.6) is 0 Å². The Kier molecular flexibility index (Phi) is 6.37. The number of carbonyl (C=O) groups is 1. The molecule has 0 radical (unpaired) electrons. The molecule has 1 aromatic rings. The van der Waals surface area contributed by atoms with Crippen molar-refractivity contribution in [3.63, 3.8) is 0 Å². The topological polar surface area (TPSA) is 81.8 Å². The predicted molar refractivity (Wildman–Crippen MR) is 110 cm³/mol. The van der Waals surface area contributed by atoms with E-state index in [9.17, 15) is 13.2 Å². The second-order valence-corrected chi connectivity index (χ2v) is 10.8. The van der Waals surface area contributed by atoms with Gasteiger partial charge in [-0.3, -0.25) is 9.69 Å². The number of hydrogen-bond donors (Lipinski definition) is 2. The Morgan fingerprint density at radius 2 is 2.04 bits per heavy atom. The van der Waals surface area contributed by atoms with Crippen molar-refractivity contribution >= 4 is 27.3 Å². The van der Waals surface area contributed by atoms with Crippen molar-refractivity contribution in [1.82, 2.24) is 19.8 Å². The molecule has 2 atom stereocenters. The van der Waals surface area contributed by atoms with Gasteiger partial charge in [-0.1, -0.05) is 12.8 Å². The Hall–Kier alpha value is -1.00. The summed E-state index contributed by atoms with van der Waals surface area (Å²) in [6, 6.07) is 2.17. The first-order valence-electron chi connectivity index (χ1n) is 10.4. The van der Waals surface area contributed by atoms with Gasteiger partial charge in [-0.2, -0.15) is 4.31 Å². The van der Waals surface area contributed by atoms with Crippen molar-refractivity contribution in [2.75, 3.05) is 39.3 Å². The Morgan fingerprint density at radius 1 is 1.18 bits per heavy atom. The highest BCUT2D eigenvalue weighted by molar-refractivity contribution is 7.89. The maximum absolute atomic E-state index is 13.3. The van der Waals surface area contributed by atoms with E-state index in [1.54, 1.807) is 15.8 Å². The van der Waals surface area contributed by atoms with E-state index in [-0.39, 0.29) is 16.8 Å². The van der Waals surface area contributed by atoms with Crippen molar-refractivity contribution in [3.8, 4) is 0 Å². The van der Waals surface area contributed by atoms with Crippen LogP contribution in [0.3, 0.4) is 0 Å². The number of carbonyl (C=O) groups excluding carboxylic acids is 1. The van der Waals surface area contributed by atoms with E-state index in [4.69, 9.17) is 0 Å². The van der Waals surface area contributed by atoms with Gasteiger partial charge in [-0.25, -0.2) is 8.42 Å².